The van der Waals surface area contributed by atoms with Crippen LogP contribution < -0.4 is 23.8 Å². The Hall–Kier alpha value is -3.84. The Bertz CT molecular complexity index is 1660. The van der Waals surface area contributed by atoms with Crippen LogP contribution >= 0.6 is 7.82 Å². The molecular weight excluding hydrogens is 550 g/mol. The lowest BCUT2D eigenvalue weighted by Crippen LogP contribution is -2.53. The van der Waals surface area contributed by atoms with Crippen molar-refractivity contribution in [2.24, 2.45) is 0 Å². The molecule has 0 saturated heterocycles. The highest BCUT2D eigenvalue weighted by molar-refractivity contribution is 7.46. The molecule has 0 unspecified atom stereocenters. The van der Waals surface area contributed by atoms with Crippen molar-refractivity contribution in [1.82, 2.24) is 15.0 Å². The zero-order valence-corrected chi connectivity index (χ0v) is 23.0. The lowest BCUT2D eigenvalue weighted by molar-refractivity contribution is -0.133. The molecule has 0 bridgehead atoms. The highest BCUT2D eigenvalue weighted by atomic mass is 31.2. The normalized spacial score (nSPS) is 15.8. The number of rotatable bonds is 10. The molecule has 1 amide bonds. The van der Waals surface area contributed by atoms with Gasteiger partial charge in [-0.2, -0.15) is 0 Å². The third kappa shape index (κ3) is 6.31. The Morgan fingerprint density at radius 3 is 2.38 bits per heavy atom. The molecule has 0 fully saturated rings. The fraction of sp³-hybridized carbons (Fsp3) is 0.360. The van der Waals surface area contributed by atoms with E-state index in [4.69, 9.17) is 24.4 Å². The molecule has 214 valence electrons. The minimum atomic E-state index is -5.03. The number of halogens is 1. The van der Waals surface area contributed by atoms with Crippen molar-refractivity contribution in [2.75, 3.05) is 33.0 Å². The summed E-state index contributed by atoms with van der Waals surface area (Å²) in [6.45, 7) is 1.77. The average Bonchev–Trinajstić information content (AvgIpc) is 2.95. The van der Waals surface area contributed by atoms with Crippen molar-refractivity contribution < 1.29 is 52.5 Å². The number of phosphoric ester groups is 1. The zero-order valence-electron chi connectivity index (χ0n) is 26.1. The van der Waals surface area contributed by atoms with Gasteiger partial charge in [-0.15, -0.1) is 0 Å². The van der Waals surface area contributed by atoms with E-state index in [2.05, 4.69) is 19.5 Å². The van der Waals surface area contributed by atoms with Gasteiger partial charge in [-0.25, -0.2) is 23.9 Å². The Labute approximate surface area is 234 Å². The van der Waals surface area contributed by atoms with E-state index in [9.17, 15) is 23.5 Å². The van der Waals surface area contributed by atoms with E-state index >= 15 is 0 Å². The predicted octanol–water partition coefficient (Wildman–Crippen LogP) is 2.79. The van der Waals surface area contributed by atoms with Crippen LogP contribution in [0.4, 0.5) is 10.2 Å². The van der Waals surface area contributed by atoms with E-state index in [0.29, 0.717) is 0 Å². The molecule has 0 saturated carbocycles. The van der Waals surface area contributed by atoms with Gasteiger partial charge in [0.15, 0.2) is 34.5 Å². The lowest BCUT2D eigenvalue weighted by Gasteiger charge is -2.37. The molecular formula is C25H28FN4O9P. The summed E-state index contributed by atoms with van der Waals surface area (Å²) in [4.78, 5) is 44.6. The first-order valence-electron chi connectivity index (χ1n) is 13.5. The monoisotopic (exact) mass is 582 g/mol. The number of amides is 1. The minimum Gasteiger partial charge on any atom is -0.493 e. The highest BCUT2D eigenvalue weighted by Crippen LogP contribution is 2.41. The smallest absolute Gasteiger partial charge is 0.471 e. The van der Waals surface area contributed by atoms with Crippen molar-refractivity contribution in [2.45, 2.75) is 32.3 Å². The molecule has 2 N–H and O–H groups in total. The van der Waals surface area contributed by atoms with Gasteiger partial charge in [-0.1, -0.05) is 0 Å². The van der Waals surface area contributed by atoms with Gasteiger partial charge in [0.05, 0.1) is 38.7 Å². The van der Waals surface area contributed by atoms with Gasteiger partial charge in [-0.05, 0) is 43.6 Å². The van der Waals surface area contributed by atoms with Crippen LogP contribution in [0.2, 0.25) is 0 Å². The number of fused-ring (bicyclic) bond motifs is 1. The molecule has 13 nitrogen and oxygen atoms in total. The topological polar surface area (TPSA) is 163 Å². The summed E-state index contributed by atoms with van der Waals surface area (Å²) in [6.07, 6.45) is 0.171. The second-order valence-corrected chi connectivity index (χ2v) is 10.1. The first kappa shape index (κ1) is 24.0. The number of phosphoric acid groups is 1. The molecule has 4 rings (SSSR count). The van der Waals surface area contributed by atoms with Crippen LogP contribution in [0.15, 0.2) is 30.4 Å². The Morgan fingerprint density at radius 1 is 1.10 bits per heavy atom. The summed E-state index contributed by atoms with van der Waals surface area (Å²) >= 11 is 0. The molecule has 40 heavy (non-hydrogen) atoms. The largest absolute Gasteiger partial charge is 0.493 e. The van der Waals surface area contributed by atoms with Crippen LogP contribution in [0.25, 0.3) is 0 Å². The summed E-state index contributed by atoms with van der Waals surface area (Å²) in [5.74, 6) is -2.31. The second kappa shape index (κ2) is 11.3. The number of carbonyl (C=O) groups is 1. The van der Waals surface area contributed by atoms with Gasteiger partial charge >= 0.3 is 7.82 Å². The van der Waals surface area contributed by atoms with Gasteiger partial charge in [0.1, 0.15) is 12.6 Å². The van der Waals surface area contributed by atoms with Gasteiger partial charge in [-0.3, -0.25) is 14.2 Å². The van der Waals surface area contributed by atoms with Crippen LogP contribution in [0.1, 0.15) is 42.1 Å². The van der Waals surface area contributed by atoms with Gasteiger partial charge < -0.3 is 28.7 Å². The molecule has 2 aromatic heterocycles. The molecule has 3 aromatic rings. The van der Waals surface area contributed by atoms with Crippen molar-refractivity contribution in [3.05, 3.63) is 59.0 Å². The molecule has 0 atom stereocenters. The maximum absolute atomic E-state index is 15.0. The SMILES string of the molecule is [2H]c1c(Cc2nc(Cc3c([2H])c(OC)c(OC)c(OC)c3[2H])ncc2F)nc2c(c1[2H])OC(C)(C)C(=O)N2COP(=O)(O)O. The van der Waals surface area contributed by atoms with Crippen LogP contribution in [-0.4, -0.2) is 64.3 Å². The van der Waals surface area contributed by atoms with Crippen molar-refractivity contribution in [3.63, 3.8) is 0 Å². The molecule has 0 spiro atoms. The number of methoxy groups -OCH3 is 3. The van der Waals surface area contributed by atoms with Gasteiger partial charge in [0.2, 0.25) is 5.75 Å². The van der Waals surface area contributed by atoms with Gasteiger partial charge in [0.25, 0.3) is 5.91 Å². The molecule has 1 aliphatic heterocycles. The number of nitrogens with zero attached hydrogens (tertiary/aromatic N) is 4. The molecule has 1 aromatic carbocycles. The summed E-state index contributed by atoms with van der Waals surface area (Å²) in [5.41, 5.74) is -1.98. The van der Waals surface area contributed by atoms with Crippen LogP contribution in [0.3, 0.4) is 0 Å². The molecule has 0 radical (unpaired) electrons. The maximum Gasteiger partial charge on any atom is 0.471 e. The molecule has 15 heteroatoms. The Kier molecular flexibility index (Phi) is 6.80. The quantitative estimate of drug-likeness (QED) is 0.337. The van der Waals surface area contributed by atoms with Gasteiger partial charge in [0, 0.05) is 18.5 Å². The average molecular weight is 583 g/mol. The van der Waals surface area contributed by atoms with E-state index in [1.165, 1.54) is 35.2 Å². The van der Waals surface area contributed by atoms with Crippen LogP contribution in [0.5, 0.6) is 23.0 Å². The third-order valence-electron chi connectivity index (χ3n) is 5.58. The number of pyridine rings is 1. The standard InChI is InChI=1S/C25H28FN4O9P/c1-25(2)24(31)30(13-38-40(32,33)34)23-18(39-25)7-6-15(28-23)11-17-16(26)12-27-21(29-17)10-14-8-19(35-3)22(37-5)20(9-14)36-4/h6-9,12H,10-11,13H2,1-5H3,(H2,32,33,34)/i6D,7D,8D,9D. The number of anilines is 1. The number of carbonyl (C=O) groups excluding carboxylic acids is 1. The van der Waals surface area contributed by atoms with E-state index in [0.717, 1.165) is 11.1 Å². The highest BCUT2D eigenvalue weighted by Gasteiger charge is 2.42. The third-order valence-corrected chi connectivity index (χ3v) is 6.03. The van der Waals surface area contributed by atoms with Crippen LogP contribution in [0, 0.1) is 5.82 Å². The summed E-state index contributed by atoms with van der Waals surface area (Å²) in [5, 5.41) is 0. The molecule has 3 heterocycles. The van der Waals surface area contributed by atoms with E-state index in [-0.39, 0.29) is 70.1 Å². The van der Waals surface area contributed by atoms with E-state index in [1.54, 1.807) is 0 Å². The van der Waals surface area contributed by atoms with E-state index in [1.807, 2.05) is 0 Å². The number of hydrogen-bond acceptors (Lipinski definition) is 10. The number of hydrogen-bond donors (Lipinski definition) is 2. The van der Waals surface area contributed by atoms with E-state index < -0.39 is 50.4 Å². The fourth-order valence-electron chi connectivity index (χ4n) is 3.75. The first-order valence-corrected chi connectivity index (χ1v) is 13.1. The number of benzene rings is 1. The summed E-state index contributed by atoms with van der Waals surface area (Å²) in [6, 6.07) is -1.38. The summed E-state index contributed by atoms with van der Waals surface area (Å²) < 4.78 is 86.3. The zero-order chi connectivity index (χ0) is 32.7. The van der Waals surface area contributed by atoms with Crippen molar-refractivity contribution in [3.8, 4) is 23.0 Å². The van der Waals surface area contributed by atoms with Crippen molar-refractivity contribution in [1.29, 1.82) is 0 Å². The van der Waals surface area contributed by atoms with Crippen LogP contribution in [-0.2, 0) is 26.7 Å². The Balaban J connectivity index is 1.76. The molecule has 0 aliphatic carbocycles. The second-order valence-electron chi connectivity index (χ2n) is 8.82. The number of ether oxygens (including phenoxy) is 4. The first-order chi connectivity index (χ1) is 20.5. The predicted molar refractivity (Wildman–Crippen MR) is 138 cm³/mol. The summed E-state index contributed by atoms with van der Waals surface area (Å²) in [7, 11) is -1.06. The fourth-order valence-corrected chi connectivity index (χ4v) is 4.02. The molecule has 1 aliphatic rings. The van der Waals surface area contributed by atoms with Crippen molar-refractivity contribution >= 4 is 19.5 Å². The number of aromatic nitrogens is 3. The Morgan fingerprint density at radius 2 is 1.77 bits per heavy atom. The maximum atomic E-state index is 15.0. The lowest BCUT2D eigenvalue weighted by atomic mass is 10.1. The minimum absolute atomic E-state index is 0.00463.